The molecule has 2 atom stereocenters. The van der Waals surface area contributed by atoms with Crippen LogP contribution in [0.1, 0.15) is 110 Å². The smallest absolute Gasteiger partial charge is 0.178 e. The van der Waals surface area contributed by atoms with Gasteiger partial charge in [0.25, 0.3) is 0 Å². The number of nitrogens with one attached hydrogen (secondary N) is 4. The van der Waals surface area contributed by atoms with Crippen molar-refractivity contribution in [2.24, 2.45) is 5.92 Å². The fraction of sp³-hybridized carbons (Fsp3) is 0.286. The van der Waals surface area contributed by atoms with E-state index in [0.717, 1.165) is 110 Å². The van der Waals surface area contributed by atoms with Crippen LogP contribution in [0.15, 0.2) is 96.3 Å². The molecule has 5 aromatic rings. The van der Waals surface area contributed by atoms with Crippen molar-refractivity contribution < 1.29 is 25.5 Å². The third-order valence-corrected chi connectivity index (χ3v) is 10.4. The van der Waals surface area contributed by atoms with Gasteiger partial charge in [-0.3, -0.25) is 0 Å². The zero-order chi connectivity index (χ0) is 35.8. The molecule has 0 aliphatic carbocycles. The van der Waals surface area contributed by atoms with Crippen molar-refractivity contribution in [3.8, 4) is 0 Å². The number of aromatic nitrogens is 3. The number of rotatable bonds is 9. The highest BCUT2D eigenvalue weighted by molar-refractivity contribution is 5.84. The molecule has 9 N–H and O–H groups in total. The fourth-order valence-corrected chi connectivity index (χ4v) is 7.37. The van der Waals surface area contributed by atoms with Gasteiger partial charge in [0, 0.05) is 67.4 Å². The summed E-state index contributed by atoms with van der Waals surface area (Å²) in [6, 6.07) is 26.9. The van der Waals surface area contributed by atoms with E-state index in [1.54, 1.807) is 24.3 Å². The average molecular weight is 687 g/mol. The van der Waals surface area contributed by atoms with Gasteiger partial charge in [0.1, 0.15) is 6.10 Å². The zero-order valence-electron chi connectivity index (χ0n) is 29.2. The molecule has 0 radical (unpaired) electrons. The van der Waals surface area contributed by atoms with Crippen molar-refractivity contribution >= 4 is 22.3 Å². The SMILES string of the molecule is CCCCCCC1=C2NC(=C(c3ccc(C(O)O)cc3)c3ccc([nH]3)C(C)=c3ccc([nH]3)=C(c3ccc(C(O)O)cc3)c3ccc1[nH]3)C(C)C2O. The fourth-order valence-electron chi connectivity index (χ4n) is 7.37. The molecule has 2 aromatic carbocycles. The summed E-state index contributed by atoms with van der Waals surface area (Å²) < 4.78 is 0. The second-order valence-electron chi connectivity index (χ2n) is 13.7. The Morgan fingerprint density at radius 3 is 1.76 bits per heavy atom. The van der Waals surface area contributed by atoms with Crippen molar-refractivity contribution in [1.82, 2.24) is 20.3 Å². The number of aliphatic hydroxyl groups excluding tert-OH is 3. The minimum Gasteiger partial charge on any atom is -0.386 e. The molecule has 0 amide bonds. The average Bonchev–Trinajstić information content (AvgIpc) is 3.95. The first-order valence-corrected chi connectivity index (χ1v) is 17.8. The largest absolute Gasteiger partial charge is 0.386 e. The van der Waals surface area contributed by atoms with E-state index in [2.05, 4.69) is 70.5 Å². The molecule has 9 nitrogen and oxygen atoms in total. The number of aromatic amines is 3. The molecule has 2 aliphatic rings. The second kappa shape index (κ2) is 14.4. The van der Waals surface area contributed by atoms with Gasteiger partial charge in [-0.25, -0.2) is 0 Å². The number of aliphatic hydroxyl groups is 5. The van der Waals surface area contributed by atoms with Gasteiger partial charge in [0.2, 0.25) is 0 Å². The Morgan fingerprint density at radius 2 is 1.14 bits per heavy atom. The van der Waals surface area contributed by atoms with Crippen LogP contribution in [0.5, 0.6) is 0 Å². The minimum atomic E-state index is -1.57. The molecule has 0 spiro atoms. The van der Waals surface area contributed by atoms with Gasteiger partial charge >= 0.3 is 0 Å². The molecule has 5 heterocycles. The number of unbranched alkanes of at least 4 members (excludes halogenated alkanes) is 3. The molecule has 1 saturated heterocycles. The summed E-state index contributed by atoms with van der Waals surface area (Å²) in [5.74, 6) is -0.265. The van der Waals surface area contributed by atoms with Crippen LogP contribution < -0.4 is 16.0 Å². The first kappa shape index (κ1) is 34.5. The van der Waals surface area contributed by atoms with Crippen LogP contribution in [0, 0.1) is 5.92 Å². The molecule has 51 heavy (non-hydrogen) atoms. The Balaban J connectivity index is 1.50. The van der Waals surface area contributed by atoms with Gasteiger partial charge in [-0.05, 0) is 78.4 Å². The number of H-pyrrole nitrogens is 3. The Labute approximate surface area is 297 Å². The van der Waals surface area contributed by atoms with E-state index in [-0.39, 0.29) is 5.92 Å². The maximum Gasteiger partial charge on any atom is 0.178 e. The van der Waals surface area contributed by atoms with E-state index in [0.29, 0.717) is 11.1 Å². The topological polar surface area (TPSA) is 161 Å². The van der Waals surface area contributed by atoms with Crippen LogP contribution in [0.3, 0.4) is 0 Å². The molecular formula is C42H46N4O5. The maximum absolute atomic E-state index is 12.0. The van der Waals surface area contributed by atoms with Crippen LogP contribution in [-0.2, 0) is 0 Å². The quantitative estimate of drug-likeness (QED) is 0.0770. The zero-order valence-corrected chi connectivity index (χ0v) is 29.2. The van der Waals surface area contributed by atoms with Crippen LogP contribution in [0.4, 0.5) is 0 Å². The maximum atomic E-state index is 12.0. The van der Waals surface area contributed by atoms with Crippen LogP contribution >= 0.6 is 0 Å². The van der Waals surface area contributed by atoms with Gasteiger partial charge in [-0.15, -0.1) is 0 Å². The lowest BCUT2D eigenvalue weighted by Crippen LogP contribution is -2.17. The molecule has 7 rings (SSSR count). The molecule has 2 unspecified atom stereocenters. The number of hydrogen-bond donors (Lipinski definition) is 9. The van der Waals surface area contributed by atoms with E-state index < -0.39 is 18.7 Å². The predicted octanol–water partition coefficient (Wildman–Crippen LogP) is 5.16. The Kier molecular flexibility index (Phi) is 9.74. The van der Waals surface area contributed by atoms with Gasteiger partial charge in [0.15, 0.2) is 12.6 Å². The lowest BCUT2D eigenvalue weighted by Gasteiger charge is -2.16. The van der Waals surface area contributed by atoms with E-state index in [4.69, 9.17) is 0 Å². The molecule has 264 valence electrons. The summed E-state index contributed by atoms with van der Waals surface area (Å²) >= 11 is 0. The molecule has 8 bridgehead atoms. The lowest BCUT2D eigenvalue weighted by molar-refractivity contribution is -0.0430. The number of hydrogen-bond acceptors (Lipinski definition) is 6. The summed E-state index contributed by atoms with van der Waals surface area (Å²) in [5, 5.41) is 56.7. The van der Waals surface area contributed by atoms with Crippen molar-refractivity contribution in [3.63, 3.8) is 0 Å². The first-order chi connectivity index (χ1) is 24.6. The summed E-state index contributed by atoms with van der Waals surface area (Å²) in [6.45, 7) is 6.30. The third-order valence-electron chi connectivity index (χ3n) is 10.4. The van der Waals surface area contributed by atoms with Crippen molar-refractivity contribution in [3.05, 3.63) is 152 Å². The number of allylic oxidation sites excluding steroid dienone is 1. The standard InChI is InChI=1S/C42H46N4O5/c1-4-5-6-7-8-29-32-19-22-34(45-32)36(25-9-13-27(14-10-25)41(48)49)33-20-17-30(43-33)23(2)31-18-21-35(44-31)37(38-24(3)40(47)39(29)46-38)26-11-15-28(16-12-26)42(50)51/h9-22,24,40-51H,4-8H2,1-3H3. The summed E-state index contributed by atoms with van der Waals surface area (Å²) in [6.07, 6.45) is 1.16. The molecule has 2 aliphatic heterocycles. The van der Waals surface area contributed by atoms with E-state index in [1.807, 2.05) is 31.2 Å². The summed E-state index contributed by atoms with van der Waals surface area (Å²) in [5.41, 5.74) is 11.7. The summed E-state index contributed by atoms with van der Waals surface area (Å²) in [4.78, 5) is 11.0. The van der Waals surface area contributed by atoms with E-state index >= 15 is 0 Å². The highest BCUT2D eigenvalue weighted by Gasteiger charge is 2.36. The molecular weight excluding hydrogens is 640 g/mol. The Bertz CT molecular complexity index is 2210. The van der Waals surface area contributed by atoms with Crippen molar-refractivity contribution in [2.45, 2.75) is 71.6 Å². The van der Waals surface area contributed by atoms with Gasteiger partial charge < -0.3 is 45.8 Å². The normalized spacial score (nSPS) is 17.7. The van der Waals surface area contributed by atoms with Gasteiger partial charge in [-0.2, -0.15) is 0 Å². The van der Waals surface area contributed by atoms with Gasteiger partial charge in [0.05, 0.1) is 5.70 Å². The van der Waals surface area contributed by atoms with Crippen LogP contribution in [0.25, 0.3) is 22.3 Å². The van der Waals surface area contributed by atoms with E-state index in [1.165, 1.54) is 0 Å². The third kappa shape index (κ3) is 6.67. The first-order valence-electron chi connectivity index (χ1n) is 17.8. The molecule has 0 saturated carbocycles. The summed E-state index contributed by atoms with van der Waals surface area (Å²) in [7, 11) is 0. The predicted molar refractivity (Wildman–Crippen MR) is 199 cm³/mol. The van der Waals surface area contributed by atoms with Gasteiger partial charge in [-0.1, -0.05) is 81.6 Å². The molecule has 3 aromatic heterocycles. The number of benzene rings is 2. The number of fused-ring (bicyclic) bond motifs is 8. The van der Waals surface area contributed by atoms with Crippen LogP contribution in [0.2, 0.25) is 0 Å². The van der Waals surface area contributed by atoms with E-state index in [9.17, 15) is 25.5 Å². The lowest BCUT2D eigenvalue weighted by atomic mass is 9.92. The monoisotopic (exact) mass is 686 g/mol. The highest BCUT2D eigenvalue weighted by atomic mass is 16.5. The molecule has 9 heteroatoms. The minimum absolute atomic E-state index is 0.265. The Hall–Kier alpha value is -4.90. The van der Waals surface area contributed by atoms with Crippen LogP contribution in [-0.4, -0.2) is 46.6 Å². The van der Waals surface area contributed by atoms with Crippen molar-refractivity contribution in [1.29, 1.82) is 0 Å². The highest BCUT2D eigenvalue weighted by Crippen LogP contribution is 2.40. The molecule has 1 fully saturated rings. The van der Waals surface area contributed by atoms with Crippen molar-refractivity contribution in [2.75, 3.05) is 0 Å². The Morgan fingerprint density at radius 1 is 0.588 bits per heavy atom. The second-order valence-corrected chi connectivity index (χ2v) is 13.7.